The van der Waals surface area contributed by atoms with Crippen LogP contribution in [-0.2, 0) is 11.3 Å². The second-order valence-electron chi connectivity index (χ2n) is 4.61. The fourth-order valence-corrected chi connectivity index (χ4v) is 2.05. The Morgan fingerprint density at radius 3 is 2.67 bits per heavy atom. The molecule has 0 aliphatic rings. The zero-order valence-electron chi connectivity index (χ0n) is 11.6. The number of anilines is 1. The molecular weight excluding hydrogens is 264 g/mol. The fourth-order valence-electron chi connectivity index (χ4n) is 2.05. The molecule has 5 heteroatoms. The van der Waals surface area contributed by atoms with Crippen molar-refractivity contribution < 1.29 is 4.79 Å². The van der Waals surface area contributed by atoms with E-state index in [4.69, 9.17) is 5.73 Å². The highest BCUT2D eigenvalue weighted by Crippen LogP contribution is 2.19. The molecule has 0 spiro atoms. The molecule has 1 heterocycles. The summed E-state index contributed by atoms with van der Waals surface area (Å²) in [7, 11) is 0. The van der Waals surface area contributed by atoms with E-state index < -0.39 is 0 Å². The number of benzene rings is 1. The summed E-state index contributed by atoms with van der Waals surface area (Å²) in [6.45, 7) is 0.996. The standard InChI is InChI=1S/C16H16N4O/c17-11-14-7-4-9-19-16(14)20(10-8-15(18)21)12-13-5-2-1-3-6-13/h1-7,9H,8,10,12H2,(H2,18,21). The van der Waals surface area contributed by atoms with Gasteiger partial charge in [-0.25, -0.2) is 4.98 Å². The lowest BCUT2D eigenvalue weighted by molar-refractivity contribution is -0.117. The Kier molecular flexibility index (Phi) is 4.89. The third-order valence-corrected chi connectivity index (χ3v) is 3.05. The average Bonchev–Trinajstić information content (AvgIpc) is 2.52. The van der Waals surface area contributed by atoms with Gasteiger partial charge in [0.1, 0.15) is 11.9 Å². The normalized spacial score (nSPS) is 9.86. The summed E-state index contributed by atoms with van der Waals surface area (Å²) in [5.74, 6) is 0.201. The molecule has 1 amide bonds. The van der Waals surface area contributed by atoms with Crippen LogP contribution in [0.1, 0.15) is 17.5 Å². The van der Waals surface area contributed by atoms with Crippen molar-refractivity contribution in [2.75, 3.05) is 11.4 Å². The molecule has 0 atom stereocenters. The third kappa shape index (κ3) is 4.05. The summed E-state index contributed by atoms with van der Waals surface area (Å²) >= 11 is 0. The first-order valence-electron chi connectivity index (χ1n) is 6.63. The second-order valence-corrected chi connectivity index (χ2v) is 4.61. The van der Waals surface area contributed by atoms with Gasteiger partial charge in [0.25, 0.3) is 0 Å². The van der Waals surface area contributed by atoms with Gasteiger partial charge in [-0.1, -0.05) is 30.3 Å². The Bertz CT molecular complexity index is 649. The number of nitriles is 1. The second kappa shape index (κ2) is 7.06. The third-order valence-electron chi connectivity index (χ3n) is 3.05. The Morgan fingerprint density at radius 1 is 1.24 bits per heavy atom. The van der Waals surface area contributed by atoms with E-state index in [-0.39, 0.29) is 12.3 Å². The van der Waals surface area contributed by atoms with E-state index in [0.29, 0.717) is 24.5 Å². The molecule has 21 heavy (non-hydrogen) atoms. The van der Waals surface area contributed by atoms with E-state index in [1.165, 1.54) is 0 Å². The fraction of sp³-hybridized carbons (Fsp3) is 0.188. The zero-order valence-corrected chi connectivity index (χ0v) is 11.6. The topological polar surface area (TPSA) is 83.0 Å². The highest BCUT2D eigenvalue weighted by molar-refractivity contribution is 5.74. The van der Waals surface area contributed by atoms with Gasteiger partial charge in [0, 0.05) is 25.7 Å². The number of nitrogens with two attached hydrogens (primary N) is 1. The van der Waals surface area contributed by atoms with E-state index in [9.17, 15) is 10.1 Å². The first kappa shape index (κ1) is 14.5. The molecule has 0 unspecified atom stereocenters. The molecule has 0 saturated heterocycles. The summed E-state index contributed by atoms with van der Waals surface area (Å²) in [5, 5.41) is 9.20. The molecule has 0 aliphatic carbocycles. The van der Waals surface area contributed by atoms with Gasteiger partial charge < -0.3 is 10.6 Å². The van der Waals surface area contributed by atoms with Crippen LogP contribution in [0.15, 0.2) is 48.7 Å². The minimum Gasteiger partial charge on any atom is -0.370 e. The minimum atomic E-state index is -0.373. The van der Waals surface area contributed by atoms with Gasteiger partial charge in [-0.3, -0.25) is 4.79 Å². The number of primary amides is 1. The van der Waals surface area contributed by atoms with E-state index in [1.54, 1.807) is 18.3 Å². The summed E-state index contributed by atoms with van der Waals surface area (Å²) < 4.78 is 0. The Labute approximate surface area is 123 Å². The molecule has 1 aromatic heterocycles. The van der Waals surface area contributed by atoms with Gasteiger partial charge in [-0.05, 0) is 17.7 Å². The Morgan fingerprint density at radius 2 is 2.00 bits per heavy atom. The van der Waals surface area contributed by atoms with Crippen LogP contribution in [-0.4, -0.2) is 17.4 Å². The van der Waals surface area contributed by atoms with Crippen LogP contribution in [0.2, 0.25) is 0 Å². The molecule has 0 radical (unpaired) electrons. The average molecular weight is 280 g/mol. The lowest BCUT2D eigenvalue weighted by Gasteiger charge is -2.24. The molecule has 0 aliphatic heterocycles. The van der Waals surface area contributed by atoms with Crippen molar-refractivity contribution in [2.45, 2.75) is 13.0 Å². The number of rotatable bonds is 6. The van der Waals surface area contributed by atoms with Gasteiger partial charge in [0.05, 0.1) is 5.56 Å². The summed E-state index contributed by atoms with van der Waals surface area (Å²) in [4.78, 5) is 17.2. The van der Waals surface area contributed by atoms with Crippen LogP contribution < -0.4 is 10.6 Å². The summed E-state index contributed by atoms with van der Waals surface area (Å²) in [6.07, 6.45) is 1.85. The van der Waals surface area contributed by atoms with Crippen molar-refractivity contribution >= 4 is 11.7 Å². The molecule has 2 N–H and O–H groups in total. The summed E-state index contributed by atoms with van der Waals surface area (Å²) in [5.41, 5.74) is 6.80. The largest absolute Gasteiger partial charge is 0.370 e. The van der Waals surface area contributed by atoms with E-state index in [0.717, 1.165) is 5.56 Å². The monoisotopic (exact) mass is 280 g/mol. The minimum absolute atomic E-state index is 0.217. The smallest absolute Gasteiger partial charge is 0.219 e. The number of aromatic nitrogens is 1. The maximum atomic E-state index is 11.1. The Balaban J connectivity index is 2.27. The Hall–Kier alpha value is -2.87. The van der Waals surface area contributed by atoms with Crippen molar-refractivity contribution in [3.63, 3.8) is 0 Å². The van der Waals surface area contributed by atoms with Gasteiger partial charge in [-0.2, -0.15) is 5.26 Å². The number of hydrogen-bond donors (Lipinski definition) is 1. The number of amides is 1. The van der Waals surface area contributed by atoms with Crippen molar-refractivity contribution in [3.8, 4) is 6.07 Å². The SMILES string of the molecule is N#Cc1cccnc1N(CCC(N)=O)Cc1ccccc1. The highest BCUT2D eigenvalue weighted by Gasteiger charge is 2.14. The van der Waals surface area contributed by atoms with Gasteiger partial charge in [0.15, 0.2) is 0 Å². The highest BCUT2D eigenvalue weighted by atomic mass is 16.1. The maximum Gasteiger partial charge on any atom is 0.219 e. The maximum absolute atomic E-state index is 11.1. The number of hydrogen-bond acceptors (Lipinski definition) is 4. The van der Waals surface area contributed by atoms with Crippen LogP contribution >= 0.6 is 0 Å². The van der Waals surface area contributed by atoms with Crippen LogP contribution in [0, 0.1) is 11.3 Å². The van der Waals surface area contributed by atoms with Crippen LogP contribution in [0.4, 0.5) is 5.82 Å². The van der Waals surface area contributed by atoms with E-state index in [1.807, 2.05) is 35.2 Å². The van der Waals surface area contributed by atoms with Crippen LogP contribution in [0.3, 0.4) is 0 Å². The molecular formula is C16H16N4O. The molecule has 0 bridgehead atoms. The van der Waals surface area contributed by atoms with Crippen molar-refractivity contribution in [1.82, 2.24) is 4.98 Å². The van der Waals surface area contributed by atoms with Crippen molar-refractivity contribution in [3.05, 3.63) is 59.8 Å². The van der Waals surface area contributed by atoms with Crippen molar-refractivity contribution in [1.29, 1.82) is 5.26 Å². The van der Waals surface area contributed by atoms with E-state index in [2.05, 4.69) is 11.1 Å². The van der Waals surface area contributed by atoms with Gasteiger partial charge in [0.2, 0.25) is 5.91 Å². The van der Waals surface area contributed by atoms with Gasteiger partial charge >= 0.3 is 0 Å². The lowest BCUT2D eigenvalue weighted by Crippen LogP contribution is -2.29. The van der Waals surface area contributed by atoms with Crippen LogP contribution in [0.5, 0.6) is 0 Å². The van der Waals surface area contributed by atoms with E-state index >= 15 is 0 Å². The summed E-state index contributed by atoms with van der Waals surface area (Å²) in [6, 6.07) is 15.4. The number of carbonyl (C=O) groups excluding carboxylic acids is 1. The number of pyridine rings is 1. The zero-order chi connectivity index (χ0) is 15.1. The molecule has 1 aromatic carbocycles. The van der Waals surface area contributed by atoms with Crippen LogP contribution in [0.25, 0.3) is 0 Å². The lowest BCUT2D eigenvalue weighted by atomic mass is 10.2. The molecule has 0 fully saturated rings. The van der Waals surface area contributed by atoms with Crippen molar-refractivity contribution in [2.24, 2.45) is 5.73 Å². The van der Waals surface area contributed by atoms with Gasteiger partial charge in [-0.15, -0.1) is 0 Å². The first-order valence-corrected chi connectivity index (χ1v) is 6.63. The number of carbonyl (C=O) groups is 1. The first-order chi connectivity index (χ1) is 10.2. The molecule has 106 valence electrons. The number of nitrogens with zero attached hydrogens (tertiary/aromatic N) is 3. The molecule has 2 rings (SSSR count). The predicted octanol–water partition coefficient (Wildman–Crippen LogP) is 1.84. The molecule has 0 saturated carbocycles. The molecule has 2 aromatic rings. The molecule has 5 nitrogen and oxygen atoms in total. The predicted molar refractivity (Wildman–Crippen MR) is 80.3 cm³/mol. The quantitative estimate of drug-likeness (QED) is 0.875.